The first kappa shape index (κ1) is 10.5. The van der Waals surface area contributed by atoms with Gasteiger partial charge in [-0.3, -0.25) is 4.79 Å². The molecule has 1 heterocycles. The van der Waals surface area contributed by atoms with Crippen LogP contribution in [0.5, 0.6) is 5.75 Å². The lowest BCUT2D eigenvalue weighted by Crippen LogP contribution is -2.43. The predicted octanol–water partition coefficient (Wildman–Crippen LogP) is 1.81. The summed E-state index contributed by atoms with van der Waals surface area (Å²) in [5, 5.41) is 1.04. The number of aromatic amines is 1. The van der Waals surface area contributed by atoms with Crippen molar-refractivity contribution in [2.24, 2.45) is 5.73 Å². The molecule has 0 fully saturated rings. The number of hydrogen-bond donors (Lipinski definition) is 2. The van der Waals surface area contributed by atoms with Crippen LogP contribution in [0.25, 0.3) is 10.9 Å². The molecule has 2 rings (SSSR count). The van der Waals surface area contributed by atoms with E-state index in [0.29, 0.717) is 5.75 Å². The van der Waals surface area contributed by atoms with Gasteiger partial charge in [-0.1, -0.05) is 0 Å². The molecule has 84 valence electrons. The SMILES string of the molecule is CC(C)(Oc1ccc2[nH]ccc2c1)C(N)=O. The van der Waals surface area contributed by atoms with Gasteiger partial charge in [0, 0.05) is 17.1 Å². The van der Waals surface area contributed by atoms with Gasteiger partial charge in [-0.25, -0.2) is 0 Å². The number of rotatable bonds is 3. The zero-order valence-corrected chi connectivity index (χ0v) is 9.28. The quantitative estimate of drug-likeness (QED) is 0.825. The zero-order valence-electron chi connectivity index (χ0n) is 9.28. The number of nitrogens with one attached hydrogen (secondary N) is 1. The number of ether oxygens (including phenoxy) is 1. The van der Waals surface area contributed by atoms with Crippen LogP contribution in [-0.2, 0) is 4.79 Å². The molecule has 0 aliphatic heterocycles. The lowest BCUT2D eigenvalue weighted by Gasteiger charge is -2.22. The number of fused-ring (bicyclic) bond motifs is 1. The molecular weight excluding hydrogens is 204 g/mol. The van der Waals surface area contributed by atoms with E-state index in [0.717, 1.165) is 10.9 Å². The fourth-order valence-electron chi connectivity index (χ4n) is 1.44. The largest absolute Gasteiger partial charge is 0.478 e. The molecule has 1 aromatic heterocycles. The smallest absolute Gasteiger partial charge is 0.261 e. The van der Waals surface area contributed by atoms with Crippen molar-refractivity contribution in [3.05, 3.63) is 30.5 Å². The lowest BCUT2D eigenvalue weighted by atomic mass is 10.1. The van der Waals surface area contributed by atoms with E-state index in [1.807, 2.05) is 30.5 Å². The molecule has 0 saturated carbocycles. The molecule has 0 saturated heterocycles. The third-order valence-electron chi connectivity index (χ3n) is 2.49. The van der Waals surface area contributed by atoms with Gasteiger partial charge in [-0.05, 0) is 38.1 Å². The van der Waals surface area contributed by atoms with Crippen molar-refractivity contribution in [3.63, 3.8) is 0 Å². The second-order valence-electron chi connectivity index (χ2n) is 4.20. The standard InChI is InChI=1S/C12H14N2O2/c1-12(2,11(13)15)16-9-3-4-10-8(7-9)5-6-14-10/h3-7,14H,1-2H3,(H2,13,15). The van der Waals surface area contributed by atoms with Crippen molar-refractivity contribution >= 4 is 16.8 Å². The number of carbonyl (C=O) groups excluding carboxylic acids is 1. The molecule has 16 heavy (non-hydrogen) atoms. The van der Waals surface area contributed by atoms with Gasteiger partial charge in [-0.2, -0.15) is 0 Å². The minimum Gasteiger partial charge on any atom is -0.478 e. The molecule has 0 radical (unpaired) electrons. The van der Waals surface area contributed by atoms with Gasteiger partial charge in [0.25, 0.3) is 5.91 Å². The van der Waals surface area contributed by atoms with Crippen molar-refractivity contribution in [1.29, 1.82) is 0 Å². The number of H-pyrrole nitrogens is 1. The average molecular weight is 218 g/mol. The molecule has 1 amide bonds. The van der Waals surface area contributed by atoms with Crippen LogP contribution in [0.4, 0.5) is 0 Å². The lowest BCUT2D eigenvalue weighted by molar-refractivity contribution is -0.130. The summed E-state index contributed by atoms with van der Waals surface area (Å²) in [6.07, 6.45) is 1.85. The number of hydrogen-bond acceptors (Lipinski definition) is 2. The first-order chi connectivity index (χ1) is 7.49. The number of nitrogens with two attached hydrogens (primary N) is 1. The van der Waals surface area contributed by atoms with Crippen molar-refractivity contribution in [1.82, 2.24) is 4.98 Å². The molecule has 2 aromatic rings. The summed E-state index contributed by atoms with van der Waals surface area (Å²) in [7, 11) is 0. The Balaban J connectivity index is 2.30. The maximum Gasteiger partial charge on any atom is 0.261 e. The Morgan fingerprint density at radius 1 is 1.38 bits per heavy atom. The highest BCUT2D eigenvalue weighted by molar-refractivity contribution is 5.84. The normalized spacial score (nSPS) is 11.6. The van der Waals surface area contributed by atoms with Crippen LogP contribution < -0.4 is 10.5 Å². The van der Waals surface area contributed by atoms with E-state index in [1.165, 1.54) is 0 Å². The molecule has 0 aliphatic rings. The van der Waals surface area contributed by atoms with Crippen molar-refractivity contribution in [2.45, 2.75) is 19.4 Å². The first-order valence-corrected chi connectivity index (χ1v) is 5.05. The monoisotopic (exact) mass is 218 g/mol. The Bertz CT molecular complexity index is 529. The van der Waals surface area contributed by atoms with Gasteiger partial charge in [-0.15, -0.1) is 0 Å². The average Bonchev–Trinajstić information content (AvgIpc) is 2.63. The number of benzene rings is 1. The third kappa shape index (κ3) is 1.86. The Morgan fingerprint density at radius 2 is 2.12 bits per heavy atom. The molecule has 1 aromatic carbocycles. The topological polar surface area (TPSA) is 68.1 Å². The third-order valence-corrected chi connectivity index (χ3v) is 2.49. The fourth-order valence-corrected chi connectivity index (χ4v) is 1.44. The van der Waals surface area contributed by atoms with Crippen LogP contribution in [0.2, 0.25) is 0 Å². The van der Waals surface area contributed by atoms with E-state index in [4.69, 9.17) is 10.5 Å². The highest BCUT2D eigenvalue weighted by atomic mass is 16.5. The molecule has 0 unspecified atom stereocenters. The van der Waals surface area contributed by atoms with Crippen LogP contribution in [-0.4, -0.2) is 16.5 Å². The van der Waals surface area contributed by atoms with Gasteiger partial charge in [0.1, 0.15) is 5.75 Å². The Morgan fingerprint density at radius 3 is 2.81 bits per heavy atom. The summed E-state index contributed by atoms with van der Waals surface area (Å²) in [5.41, 5.74) is 5.28. The predicted molar refractivity (Wildman–Crippen MR) is 62.2 cm³/mol. The minimum absolute atomic E-state index is 0.485. The molecule has 4 nitrogen and oxygen atoms in total. The summed E-state index contributed by atoms with van der Waals surface area (Å²) in [6.45, 7) is 3.30. The number of aromatic nitrogens is 1. The van der Waals surface area contributed by atoms with Crippen LogP contribution in [0.1, 0.15) is 13.8 Å². The van der Waals surface area contributed by atoms with Crippen molar-refractivity contribution < 1.29 is 9.53 Å². The van der Waals surface area contributed by atoms with Crippen molar-refractivity contribution in [3.8, 4) is 5.75 Å². The van der Waals surface area contributed by atoms with Gasteiger partial charge < -0.3 is 15.5 Å². The molecular formula is C12H14N2O2. The minimum atomic E-state index is -0.996. The maximum absolute atomic E-state index is 11.1. The van der Waals surface area contributed by atoms with E-state index in [1.54, 1.807) is 13.8 Å². The number of primary amides is 1. The highest BCUT2D eigenvalue weighted by Gasteiger charge is 2.27. The first-order valence-electron chi connectivity index (χ1n) is 5.05. The number of amides is 1. The summed E-state index contributed by atoms with van der Waals surface area (Å²) in [5.74, 6) is 0.151. The molecule has 4 heteroatoms. The Hall–Kier alpha value is -1.97. The van der Waals surface area contributed by atoms with Crippen LogP contribution in [0.3, 0.4) is 0 Å². The van der Waals surface area contributed by atoms with Gasteiger partial charge in [0.2, 0.25) is 0 Å². The van der Waals surface area contributed by atoms with Crippen LogP contribution >= 0.6 is 0 Å². The Labute approximate surface area is 93.4 Å². The summed E-state index contributed by atoms with van der Waals surface area (Å²) in [4.78, 5) is 14.2. The molecule has 0 atom stereocenters. The highest BCUT2D eigenvalue weighted by Crippen LogP contribution is 2.23. The van der Waals surface area contributed by atoms with Crippen LogP contribution in [0.15, 0.2) is 30.5 Å². The van der Waals surface area contributed by atoms with E-state index in [2.05, 4.69) is 4.98 Å². The second-order valence-corrected chi connectivity index (χ2v) is 4.20. The van der Waals surface area contributed by atoms with E-state index in [-0.39, 0.29) is 0 Å². The molecule has 0 spiro atoms. The number of carbonyl (C=O) groups is 1. The zero-order chi connectivity index (χ0) is 11.8. The van der Waals surface area contributed by atoms with E-state index >= 15 is 0 Å². The van der Waals surface area contributed by atoms with E-state index < -0.39 is 11.5 Å². The summed E-state index contributed by atoms with van der Waals surface area (Å²) in [6, 6.07) is 7.53. The maximum atomic E-state index is 11.1. The summed E-state index contributed by atoms with van der Waals surface area (Å²) < 4.78 is 5.55. The molecule has 0 aliphatic carbocycles. The Kier molecular flexibility index (Phi) is 2.34. The van der Waals surface area contributed by atoms with E-state index in [9.17, 15) is 4.79 Å². The summed E-state index contributed by atoms with van der Waals surface area (Å²) >= 11 is 0. The van der Waals surface area contributed by atoms with Gasteiger partial charge >= 0.3 is 0 Å². The fraction of sp³-hybridized carbons (Fsp3) is 0.250. The van der Waals surface area contributed by atoms with Gasteiger partial charge in [0.05, 0.1) is 0 Å². The molecule has 0 bridgehead atoms. The molecule has 3 N–H and O–H groups in total. The van der Waals surface area contributed by atoms with Gasteiger partial charge in [0.15, 0.2) is 5.60 Å². The van der Waals surface area contributed by atoms with Crippen molar-refractivity contribution in [2.75, 3.05) is 0 Å². The van der Waals surface area contributed by atoms with Crippen LogP contribution in [0, 0.1) is 0 Å². The second kappa shape index (κ2) is 3.56.